The van der Waals surface area contributed by atoms with Gasteiger partial charge in [-0.1, -0.05) is 21.6 Å². The Morgan fingerprint density at radius 1 is 1.35 bits per heavy atom. The highest BCUT2D eigenvalue weighted by Crippen LogP contribution is 2.27. The number of nitrogens with two attached hydrogens (primary N) is 1. The average molecular weight is 324 g/mol. The number of rotatable bonds is 8. The zero-order chi connectivity index (χ0) is 15.8. The van der Waals surface area contributed by atoms with Crippen molar-refractivity contribution in [2.45, 2.75) is 50.5 Å². The summed E-state index contributed by atoms with van der Waals surface area (Å²) in [5.74, 6) is -1.00. The molecule has 6 nitrogen and oxygen atoms in total. The minimum atomic E-state index is -1.00. The molecule has 0 rings (SSSR count). The molecule has 0 radical (unpaired) electrons. The maximum atomic E-state index is 11.5. The summed E-state index contributed by atoms with van der Waals surface area (Å²) in [7, 11) is 3.16. The van der Waals surface area contributed by atoms with Gasteiger partial charge in [0.05, 0.1) is 0 Å². The van der Waals surface area contributed by atoms with E-state index < -0.39 is 23.7 Å². The first-order chi connectivity index (χ1) is 9.15. The van der Waals surface area contributed by atoms with Gasteiger partial charge in [0.25, 0.3) is 0 Å². The van der Waals surface area contributed by atoms with Crippen LogP contribution in [0.2, 0.25) is 0 Å². The first-order valence-electron chi connectivity index (χ1n) is 6.30. The highest BCUT2D eigenvalue weighted by Gasteiger charge is 2.19. The molecule has 0 heterocycles. The van der Waals surface area contributed by atoms with Gasteiger partial charge in [0.15, 0.2) is 0 Å². The van der Waals surface area contributed by atoms with E-state index in [-0.39, 0.29) is 5.25 Å². The molecular weight excluding hydrogens is 300 g/mol. The van der Waals surface area contributed by atoms with E-state index in [0.717, 1.165) is 0 Å². The van der Waals surface area contributed by atoms with E-state index in [1.165, 1.54) is 0 Å². The Bertz CT molecular complexity index is 321. The second-order valence-corrected chi connectivity index (χ2v) is 8.06. The summed E-state index contributed by atoms with van der Waals surface area (Å²) in [4.78, 5) is 22.2. The molecule has 0 aliphatic rings. The van der Waals surface area contributed by atoms with Crippen molar-refractivity contribution in [1.82, 2.24) is 5.32 Å². The van der Waals surface area contributed by atoms with Crippen molar-refractivity contribution in [2.75, 3.05) is 12.8 Å². The number of hydrogen-bond donors (Lipinski definition) is 3. The Balaban J connectivity index is 4.14. The standard InChI is InChI=1S/C12H24N2O4S2/c1-12(2,3)18-11(17)14-7-8(20-19-4)5-6-9(13)10(15)16/h8-9H,5-7,13H2,1-4H3,(H,14,17)(H,15,16). The van der Waals surface area contributed by atoms with E-state index >= 15 is 0 Å². The number of carbonyl (C=O) groups excluding carboxylic acids is 1. The smallest absolute Gasteiger partial charge is 0.407 e. The van der Waals surface area contributed by atoms with Crippen molar-refractivity contribution in [1.29, 1.82) is 0 Å². The van der Waals surface area contributed by atoms with Crippen LogP contribution in [0.15, 0.2) is 0 Å². The monoisotopic (exact) mass is 324 g/mol. The minimum absolute atomic E-state index is 0.0999. The highest BCUT2D eigenvalue weighted by atomic mass is 33.1. The lowest BCUT2D eigenvalue weighted by Gasteiger charge is -2.21. The molecule has 118 valence electrons. The summed E-state index contributed by atoms with van der Waals surface area (Å²) in [5, 5.41) is 11.5. The number of aliphatic carboxylic acids is 1. The summed E-state index contributed by atoms with van der Waals surface area (Å²) in [6.45, 7) is 5.82. The molecule has 0 fully saturated rings. The highest BCUT2D eigenvalue weighted by molar-refractivity contribution is 8.76. The van der Waals surface area contributed by atoms with Gasteiger partial charge >= 0.3 is 12.1 Å². The molecule has 0 aromatic carbocycles. The Hall–Kier alpha value is -0.600. The van der Waals surface area contributed by atoms with Gasteiger partial charge in [-0.3, -0.25) is 4.79 Å². The lowest BCUT2D eigenvalue weighted by atomic mass is 10.1. The normalized spacial score (nSPS) is 14.4. The van der Waals surface area contributed by atoms with Gasteiger partial charge in [-0.15, -0.1) is 0 Å². The first-order valence-corrected chi connectivity index (χ1v) is 8.92. The predicted molar refractivity (Wildman–Crippen MR) is 84.0 cm³/mol. The quantitative estimate of drug-likeness (QED) is 0.587. The maximum absolute atomic E-state index is 11.5. The molecule has 0 bridgehead atoms. The number of hydrogen-bond acceptors (Lipinski definition) is 6. The van der Waals surface area contributed by atoms with Gasteiger partial charge in [0.1, 0.15) is 11.6 Å². The minimum Gasteiger partial charge on any atom is -0.480 e. The SMILES string of the molecule is CSSC(CCC(N)C(=O)O)CNC(=O)OC(C)(C)C. The van der Waals surface area contributed by atoms with Crippen molar-refractivity contribution in [2.24, 2.45) is 5.73 Å². The number of amides is 1. The van der Waals surface area contributed by atoms with Crippen LogP contribution in [0, 0.1) is 0 Å². The van der Waals surface area contributed by atoms with Crippen LogP contribution in [0.5, 0.6) is 0 Å². The molecule has 0 saturated carbocycles. The summed E-state index contributed by atoms with van der Waals surface area (Å²) >= 11 is 0. The van der Waals surface area contributed by atoms with Gasteiger partial charge in [0, 0.05) is 11.8 Å². The van der Waals surface area contributed by atoms with E-state index in [1.807, 2.05) is 6.26 Å². The van der Waals surface area contributed by atoms with Crippen molar-refractivity contribution < 1.29 is 19.4 Å². The zero-order valence-corrected chi connectivity index (χ0v) is 14.0. The number of carbonyl (C=O) groups is 2. The zero-order valence-electron chi connectivity index (χ0n) is 12.3. The van der Waals surface area contributed by atoms with E-state index in [4.69, 9.17) is 15.6 Å². The molecule has 20 heavy (non-hydrogen) atoms. The van der Waals surface area contributed by atoms with Crippen LogP contribution in [0.25, 0.3) is 0 Å². The molecule has 0 saturated heterocycles. The van der Waals surface area contributed by atoms with Crippen LogP contribution < -0.4 is 11.1 Å². The van der Waals surface area contributed by atoms with Gasteiger partial charge in [-0.25, -0.2) is 4.79 Å². The molecule has 1 amide bonds. The second kappa shape index (κ2) is 9.36. The number of carboxylic acid groups (broad SMARTS) is 1. The predicted octanol–water partition coefficient (Wildman–Crippen LogP) is 2.08. The van der Waals surface area contributed by atoms with Crippen LogP contribution in [-0.2, 0) is 9.53 Å². The average Bonchev–Trinajstić information content (AvgIpc) is 2.29. The Labute approximate surface area is 128 Å². The number of alkyl carbamates (subject to hydrolysis) is 1. The van der Waals surface area contributed by atoms with Crippen molar-refractivity contribution in [3.05, 3.63) is 0 Å². The first kappa shape index (κ1) is 19.4. The third-order valence-corrected chi connectivity index (χ3v) is 4.48. The third kappa shape index (κ3) is 10.2. The summed E-state index contributed by atoms with van der Waals surface area (Å²) < 4.78 is 5.15. The maximum Gasteiger partial charge on any atom is 0.407 e. The second-order valence-electron chi connectivity index (χ2n) is 5.29. The summed E-state index contributed by atoms with van der Waals surface area (Å²) in [6, 6.07) is -0.860. The summed E-state index contributed by atoms with van der Waals surface area (Å²) in [5.41, 5.74) is 4.94. The molecule has 0 aliphatic heterocycles. The van der Waals surface area contributed by atoms with Crippen molar-refractivity contribution in [3.8, 4) is 0 Å². The van der Waals surface area contributed by atoms with E-state index in [0.29, 0.717) is 19.4 Å². The van der Waals surface area contributed by atoms with Gasteiger partial charge in [-0.2, -0.15) is 0 Å². The number of ether oxygens (including phenoxy) is 1. The summed E-state index contributed by atoms with van der Waals surface area (Å²) in [6.07, 6.45) is 2.47. The van der Waals surface area contributed by atoms with E-state index in [1.54, 1.807) is 42.4 Å². The largest absolute Gasteiger partial charge is 0.480 e. The van der Waals surface area contributed by atoms with Crippen LogP contribution in [0.4, 0.5) is 4.79 Å². The molecule has 0 aromatic rings. The van der Waals surface area contributed by atoms with Crippen molar-refractivity contribution >= 4 is 33.7 Å². The molecule has 0 aromatic heterocycles. The Morgan fingerprint density at radius 2 is 1.95 bits per heavy atom. The molecule has 8 heteroatoms. The fraction of sp³-hybridized carbons (Fsp3) is 0.833. The van der Waals surface area contributed by atoms with E-state index in [2.05, 4.69) is 5.32 Å². The molecule has 2 unspecified atom stereocenters. The van der Waals surface area contributed by atoms with Gasteiger partial charge in [0.2, 0.25) is 0 Å². The van der Waals surface area contributed by atoms with Crippen LogP contribution in [-0.4, -0.2) is 46.9 Å². The lowest BCUT2D eigenvalue weighted by molar-refractivity contribution is -0.138. The molecular formula is C12H24N2O4S2. The molecule has 0 aliphatic carbocycles. The van der Waals surface area contributed by atoms with Crippen LogP contribution in [0.3, 0.4) is 0 Å². The Kier molecular flexibility index (Phi) is 9.08. The fourth-order valence-corrected chi connectivity index (χ4v) is 3.29. The Morgan fingerprint density at radius 3 is 2.40 bits per heavy atom. The van der Waals surface area contributed by atoms with E-state index in [9.17, 15) is 9.59 Å². The van der Waals surface area contributed by atoms with Gasteiger partial charge in [-0.05, 0) is 39.9 Å². The molecule has 2 atom stereocenters. The number of nitrogens with one attached hydrogen (secondary N) is 1. The van der Waals surface area contributed by atoms with Crippen LogP contribution >= 0.6 is 21.6 Å². The number of carboxylic acids is 1. The lowest BCUT2D eigenvalue weighted by Crippen LogP contribution is -2.37. The topological polar surface area (TPSA) is 102 Å². The van der Waals surface area contributed by atoms with Gasteiger partial charge < -0.3 is 20.9 Å². The molecule has 0 spiro atoms. The fourth-order valence-electron chi connectivity index (χ4n) is 1.32. The molecule has 4 N–H and O–H groups in total. The van der Waals surface area contributed by atoms with Crippen LogP contribution in [0.1, 0.15) is 33.6 Å². The third-order valence-electron chi connectivity index (χ3n) is 2.22. The van der Waals surface area contributed by atoms with Crippen molar-refractivity contribution in [3.63, 3.8) is 0 Å².